The average molecular weight is 319 g/mol. The molecule has 0 spiro atoms. The van der Waals surface area contributed by atoms with E-state index in [1.165, 1.54) is 0 Å². The number of aryl methyl sites for hydroxylation is 2. The van der Waals surface area contributed by atoms with Crippen LogP contribution in [-0.4, -0.2) is 14.9 Å². The van der Waals surface area contributed by atoms with E-state index in [1.54, 1.807) is 22.5 Å². The molecular weight excluding hydrogens is 304 g/mol. The predicted octanol–water partition coefficient (Wildman–Crippen LogP) is 4.53. The molecule has 1 N–H and O–H groups in total. The van der Waals surface area contributed by atoms with Gasteiger partial charge in [-0.1, -0.05) is 35.9 Å². The number of hydrogen-bond acceptors (Lipinski definition) is 3. The van der Waals surface area contributed by atoms with Crippen LogP contribution in [-0.2, 0) is 12.8 Å². The van der Waals surface area contributed by atoms with Crippen LogP contribution in [0.5, 0.6) is 5.75 Å². The van der Waals surface area contributed by atoms with Gasteiger partial charge in [0.1, 0.15) is 10.9 Å². The van der Waals surface area contributed by atoms with Crippen molar-refractivity contribution < 1.29 is 5.11 Å². The Morgan fingerprint density at radius 3 is 2.57 bits per heavy atom. The number of rotatable bonds is 3. The fraction of sp³-hybridized carbons (Fsp3) is 0.188. The fourth-order valence-corrected chi connectivity index (χ4v) is 3.83. The predicted molar refractivity (Wildman–Crippen MR) is 88.1 cm³/mol. The van der Waals surface area contributed by atoms with Gasteiger partial charge in [-0.3, -0.25) is 4.68 Å². The molecule has 108 valence electrons. The summed E-state index contributed by atoms with van der Waals surface area (Å²) in [6, 6.07) is 11.5. The van der Waals surface area contributed by atoms with Crippen LogP contribution in [0.2, 0.25) is 5.15 Å². The van der Waals surface area contributed by atoms with E-state index in [0.29, 0.717) is 10.9 Å². The van der Waals surface area contributed by atoms with Gasteiger partial charge in [0.05, 0.1) is 5.69 Å². The van der Waals surface area contributed by atoms with Crippen LogP contribution in [0.4, 0.5) is 0 Å². The highest BCUT2D eigenvalue weighted by molar-refractivity contribution is 7.98. The molecule has 3 nitrogen and oxygen atoms in total. The van der Waals surface area contributed by atoms with Crippen molar-refractivity contribution in [3.8, 4) is 5.75 Å². The molecule has 0 aliphatic rings. The first-order valence-corrected chi connectivity index (χ1v) is 7.95. The van der Waals surface area contributed by atoms with Crippen LogP contribution in [0.15, 0.2) is 41.3 Å². The molecule has 5 heteroatoms. The molecule has 3 rings (SSSR count). The lowest BCUT2D eigenvalue weighted by molar-refractivity contribution is 0.481. The van der Waals surface area contributed by atoms with Crippen LogP contribution in [0.3, 0.4) is 0 Å². The summed E-state index contributed by atoms with van der Waals surface area (Å²) in [7, 11) is 1.85. The van der Waals surface area contributed by atoms with Gasteiger partial charge in [0.25, 0.3) is 0 Å². The second kappa shape index (κ2) is 5.62. The van der Waals surface area contributed by atoms with E-state index in [-0.39, 0.29) is 0 Å². The minimum Gasteiger partial charge on any atom is -0.507 e. The maximum absolute atomic E-state index is 9.93. The van der Waals surface area contributed by atoms with Gasteiger partial charge in [-0.15, -0.1) is 11.8 Å². The van der Waals surface area contributed by atoms with Crippen molar-refractivity contribution in [1.82, 2.24) is 9.78 Å². The number of aromatic nitrogens is 2. The monoisotopic (exact) mass is 318 g/mol. The summed E-state index contributed by atoms with van der Waals surface area (Å²) in [6.45, 7) is 1.97. The van der Waals surface area contributed by atoms with Crippen LogP contribution in [0, 0.1) is 6.92 Å². The first kappa shape index (κ1) is 14.3. The number of halogens is 1. The molecule has 0 radical (unpaired) electrons. The second-order valence-electron chi connectivity index (χ2n) is 4.90. The maximum atomic E-state index is 9.93. The normalized spacial score (nSPS) is 11.2. The molecule has 0 unspecified atom stereocenters. The minimum absolute atomic E-state index is 0.311. The Morgan fingerprint density at radius 2 is 1.90 bits per heavy atom. The second-order valence-corrected chi connectivity index (χ2v) is 6.27. The Balaban J connectivity index is 1.94. The lowest BCUT2D eigenvalue weighted by atomic mass is 10.1. The van der Waals surface area contributed by atoms with Crippen LogP contribution in [0.1, 0.15) is 11.3 Å². The van der Waals surface area contributed by atoms with Gasteiger partial charge in [-0.05, 0) is 24.4 Å². The van der Waals surface area contributed by atoms with E-state index in [0.717, 1.165) is 32.7 Å². The van der Waals surface area contributed by atoms with Crippen molar-refractivity contribution >= 4 is 34.1 Å². The van der Waals surface area contributed by atoms with Crippen LogP contribution in [0.25, 0.3) is 10.8 Å². The van der Waals surface area contributed by atoms with Gasteiger partial charge in [-0.25, -0.2) is 0 Å². The van der Waals surface area contributed by atoms with Crippen molar-refractivity contribution in [3.63, 3.8) is 0 Å². The number of hydrogen-bond donors (Lipinski definition) is 1. The summed E-state index contributed by atoms with van der Waals surface area (Å²) in [6.07, 6.45) is 0. The fourth-order valence-electron chi connectivity index (χ4n) is 2.37. The van der Waals surface area contributed by atoms with Crippen LogP contribution < -0.4 is 0 Å². The molecule has 0 saturated heterocycles. The van der Waals surface area contributed by atoms with Crippen molar-refractivity contribution in [1.29, 1.82) is 0 Å². The van der Waals surface area contributed by atoms with Crippen molar-refractivity contribution in [2.24, 2.45) is 7.05 Å². The summed E-state index contributed by atoms with van der Waals surface area (Å²) in [5, 5.41) is 16.9. The number of aromatic hydroxyl groups is 1. The molecule has 0 saturated carbocycles. The Hall–Kier alpha value is -1.65. The third kappa shape index (κ3) is 2.61. The largest absolute Gasteiger partial charge is 0.507 e. The molecule has 21 heavy (non-hydrogen) atoms. The maximum Gasteiger partial charge on any atom is 0.131 e. The van der Waals surface area contributed by atoms with Crippen molar-refractivity contribution in [2.45, 2.75) is 17.6 Å². The lowest BCUT2D eigenvalue weighted by Gasteiger charge is -2.08. The van der Waals surface area contributed by atoms with Crippen molar-refractivity contribution in [2.75, 3.05) is 0 Å². The molecule has 3 aromatic rings. The third-order valence-electron chi connectivity index (χ3n) is 3.50. The summed E-state index contributed by atoms with van der Waals surface area (Å²) >= 11 is 7.98. The van der Waals surface area contributed by atoms with Gasteiger partial charge in [0.2, 0.25) is 0 Å². The Morgan fingerprint density at radius 1 is 1.19 bits per heavy atom. The number of benzene rings is 2. The zero-order chi connectivity index (χ0) is 15.0. The standard InChI is InChI=1S/C16H15ClN2OS/c1-10-13(16(17)19(2)18-10)9-21-15-8-7-14(20)11-5-3-4-6-12(11)15/h3-8,20H,9H2,1-2H3. The molecule has 1 heterocycles. The highest BCUT2D eigenvalue weighted by Crippen LogP contribution is 2.36. The minimum atomic E-state index is 0.311. The van der Waals surface area contributed by atoms with Crippen LogP contribution >= 0.6 is 23.4 Å². The average Bonchev–Trinajstić information content (AvgIpc) is 2.72. The molecule has 0 aliphatic carbocycles. The first-order valence-electron chi connectivity index (χ1n) is 6.59. The number of fused-ring (bicyclic) bond motifs is 1. The third-order valence-corrected chi connectivity index (χ3v) is 5.08. The molecule has 0 amide bonds. The van der Waals surface area contributed by atoms with Gasteiger partial charge < -0.3 is 5.11 Å². The van der Waals surface area contributed by atoms with E-state index < -0.39 is 0 Å². The van der Waals surface area contributed by atoms with Crippen molar-refractivity contribution in [3.05, 3.63) is 52.8 Å². The Labute approximate surface area is 132 Å². The van der Waals surface area contributed by atoms with Gasteiger partial charge >= 0.3 is 0 Å². The number of nitrogens with zero attached hydrogens (tertiary/aromatic N) is 2. The van der Waals surface area contributed by atoms with E-state index in [9.17, 15) is 5.11 Å². The molecule has 0 bridgehead atoms. The quantitative estimate of drug-likeness (QED) is 0.721. The Bertz CT molecular complexity index is 813. The summed E-state index contributed by atoms with van der Waals surface area (Å²) < 4.78 is 1.70. The SMILES string of the molecule is Cc1nn(C)c(Cl)c1CSc1ccc(O)c2ccccc12. The number of thioether (sulfide) groups is 1. The van der Waals surface area contributed by atoms with E-state index >= 15 is 0 Å². The van der Waals surface area contributed by atoms with E-state index in [1.807, 2.05) is 44.3 Å². The summed E-state index contributed by atoms with van der Waals surface area (Å²) in [5.74, 6) is 1.07. The van der Waals surface area contributed by atoms with Gasteiger partial charge in [0.15, 0.2) is 0 Å². The Kier molecular flexibility index (Phi) is 3.83. The highest BCUT2D eigenvalue weighted by Gasteiger charge is 2.12. The van der Waals surface area contributed by atoms with Gasteiger partial charge in [-0.2, -0.15) is 5.10 Å². The smallest absolute Gasteiger partial charge is 0.131 e. The van der Waals surface area contributed by atoms with E-state index in [4.69, 9.17) is 11.6 Å². The number of phenols is 1. The molecule has 0 aliphatic heterocycles. The molecule has 0 atom stereocenters. The van der Waals surface area contributed by atoms with E-state index in [2.05, 4.69) is 5.10 Å². The molecule has 0 fully saturated rings. The molecule has 2 aromatic carbocycles. The van der Waals surface area contributed by atoms with Gasteiger partial charge in [0, 0.05) is 28.6 Å². The highest BCUT2D eigenvalue weighted by atomic mass is 35.5. The molecule has 1 aromatic heterocycles. The zero-order valence-electron chi connectivity index (χ0n) is 11.8. The first-order chi connectivity index (χ1) is 10.1. The topological polar surface area (TPSA) is 38.0 Å². The summed E-state index contributed by atoms with van der Waals surface area (Å²) in [4.78, 5) is 1.13. The lowest BCUT2D eigenvalue weighted by Crippen LogP contribution is -1.89. The zero-order valence-corrected chi connectivity index (χ0v) is 13.4. The number of phenolic OH excluding ortho intramolecular Hbond substituents is 1. The summed E-state index contributed by atoms with van der Waals surface area (Å²) in [5.41, 5.74) is 2.01. The molecular formula is C16H15ClN2OS.